The van der Waals surface area contributed by atoms with E-state index in [4.69, 9.17) is 16.0 Å². The highest BCUT2D eigenvalue weighted by molar-refractivity contribution is 6.30. The minimum atomic E-state index is -0.511. The topological polar surface area (TPSA) is 36.7 Å². The molecule has 0 saturated carbocycles. The number of rotatable bonds is 6. The zero-order valence-electron chi connectivity index (χ0n) is 11.4. The van der Waals surface area contributed by atoms with Crippen LogP contribution in [-0.4, -0.2) is 48.3 Å². The summed E-state index contributed by atoms with van der Waals surface area (Å²) in [7, 11) is 3.95. The van der Waals surface area contributed by atoms with Gasteiger partial charge in [0.15, 0.2) is 0 Å². The van der Waals surface area contributed by atoms with Gasteiger partial charge in [0.05, 0.1) is 6.54 Å². The molecule has 102 valence electrons. The van der Waals surface area contributed by atoms with Crippen molar-refractivity contribution in [1.29, 1.82) is 0 Å². The highest BCUT2D eigenvalue weighted by Crippen LogP contribution is 2.12. The van der Waals surface area contributed by atoms with E-state index in [9.17, 15) is 4.79 Å². The van der Waals surface area contributed by atoms with Crippen molar-refractivity contribution in [1.82, 2.24) is 9.80 Å². The van der Waals surface area contributed by atoms with E-state index in [1.807, 2.05) is 38.1 Å². The number of carbonyl (C=O) groups is 1. The van der Waals surface area contributed by atoms with Gasteiger partial charge in [-0.3, -0.25) is 4.79 Å². The van der Waals surface area contributed by atoms with Crippen molar-refractivity contribution in [2.75, 3.05) is 27.2 Å². The molecule has 1 atom stereocenters. The van der Waals surface area contributed by atoms with Crippen molar-refractivity contribution in [3.8, 4) is 0 Å². The number of furan rings is 1. The SMILES string of the molecule is Cc1ccc(CN(CCN(C)C)C(=O)C(C)Cl)o1. The van der Waals surface area contributed by atoms with Crippen LogP contribution in [0.3, 0.4) is 0 Å². The lowest BCUT2D eigenvalue weighted by molar-refractivity contribution is -0.131. The largest absolute Gasteiger partial charge is 0.464 e. The molecule has 0 saturated heterocycles. The minimum absolute atomic E-state index is 0.0624. The summed E-state index contributed by atoms with van der Waals surface area (Å²) in [5.74, 6) is 1.58. The molecule has 0 fully saturated rings. The molecule has 0 aromatic carbocycles. The summed E-state index contributed by atoms with van der Waals surface area (Å²) >= 11 is 5.87. The van der Waals surface area contributed by atoms with Crippen LogP contribution in [0.4, 0.5) is 0 Å². The lowest BCUT2D eigenvalue weighted by atomic mass is 10.3. The molecular formula is C13H21ClN2O2. The molecule has 1 rings (SSSR count). The van der Waals surface area contributed by atoms with Crippen LogP contribution in [0.5, 0.6) is 0 Å². The maximum absolute atomic E-state index is 12.0. The molecule has 5 heteroatoms. The number of likely N-dealkylation sites (N-methyl/N-ethyl adjacent to an activating group) is 1. The van der Waals surface area contributed by atoms with Gasteiger partial charge < -0.3 is 14.2 Å². The molecule has 18 heavy (non-hydrogen) atoms. The predicted octanol–water partition coefficient (Wildman–Crippen LogP) is 2.11. The molecule has 1 aromatic heterocycles. The van der Waals surface area contributed by atoms with Gasteiger partial charge >= 0.3 is 0 Å². The van der Waals surface area contributed by atoms with Gasteiger partial charge in [-0.15, -0.1) is 11.6 Å². The van der Waals surface area contributed by atoms with Crippen molar-refractivity contribution in [3.63, 3.8) is 0 Å². The molecule has 1 amide bonds. The van der Waals surface area contributed by atoms with Crippen molar-refractivity contribution in [3.05, 3.63) is 23.7 Å². The number of alkyl halides is 1. The van der Waals surface area contributed by atoms with E-state index in [2.05, 4.69) is 0 Å². The zero-order valence-corrected chi connectivity index (χ0v) is 12.2. The number of hydrogen-bond donors (Lipinski definition) is 0. The number of hydrogen-bond acceptors (Lipinski definition) is 3. The zero-order chi connectivity index (χ0) is 13.7. The molecule has 1 unspecified atom stereocenters. The quantitative estimate of drug-likeness (QED) is 0.744. The highest BCUT2D eigenvalue weighted by atomic mass is 35.5. The van der Waals surface area contributed by atoms with E-state index in [-0.39, 0.29) is 5.91 Å². The summed E-state index contributed by atoms with van der Waals surface area (Å²) in [5.41, 5.74) is 0. The van der Waals surface area contributed by atoms with Gasteiger partial charge in [-0.2, -0.15) is 0 Å². The summed E-state index contributed by atoms with van der Waals surface area (Å²) < 4.78 is 5.50. The van der Waals surface area contributed by atoms with E-state index < -0.39 is 5.38 Å². The Morgan fingerprint density at radius 1 is 1.39 bits per heavy atom. The van der Waals surface area contributed by atoms with Gasteiger partial charge in [-0.25, -0.2) is 0 Å². The van der Waals surface area contributed by atoms with Gasteiger partial charge in [0.1, 0.15) is 16.9 Å². The standard InChI is InChI=1S/C13H21ClN2O2/c1-10-5-6-12(18-10)9-16(8-7-15(3)4)13(17)11(2)14/h5-6,11H,7-9H2,1-4H3. The van der Waals surface area contributed by atoms with Gasteiger partial charge in [0, 0.05) is 13.1 Å². The molecular weight excluding hydrogens is 252 g/mol. The van der Waals surface area contributed by atoms with Gasteiger partial charge in [0.2, 0.25) is 5.91 Å². The summed E-state index contributed by atoms with van der Waals surface area (Å²) in [5, 5.41) is -0.511. The first kappa shape index (κ1) is 15.1. The number of nitrogens with zero attached hydrogens (tertiary/aromatic N) is 2. The van der Waals surface area contributed by atoms with Crippen LogP contribution in [0.15, 0.2) is 16.5 Å². The van der Waals surface area contributed by atoms with E-state index in [1.54, 1.807) is 11.8 Å². The van der Waals surface area contributed by atoms with Crippen molar-refractivity contribution >= 4 is 17.5 Å². The average Bonchev–Trinajstić information content (AvgIpc) is 2.68. The maximum atomic E-state index is 12.0. The number of amides is 1. The lowest BCUT2D eigenvalue weighted by Crippen LogP contribution is -2.39. The summed E-state index contributed by atoms with van der Waals surface area (Å²) in [6.45, 7) is 5.49. The van der Waals surface area contributed by atoms with Crippen LogP contribution in [0.1, 0.15) is 18.4 Å². The van der Waals surface area contributed by atoms with Crippen LogP contribution in [0, 0.1) is 6.92 Å². The Hall–Kier alpha value is -1.00. The van der Waals surface area contributed by atoms with Gasteiger partial charge in [0.25, 0.3) is 0 Å². The van der Waals surface area contributed by atoms with Crippen LogP contribution in [-0.2, 0) is 11.3 Å². The smallest absolute Gasteiger partial charge is 0.240 e. The molecule has 4 nitrogen and oxygen atoms in total. The van der Waals surface area contributed by atoms with Crippen LogP contribution in [0.25, 0.3) is 0 Å². The molecule has 0 aliphatic rings. The van der Waals surface area contributed by atoms with Gasteiger partial charge in [-0.05, 0) is 40.1 Å². The fourth-order valence-electron chi connectivity index (χ4n) is 1.60. The Balaban J connectivity index is 2.67. The van der Waals surface area contributed by atoms with Gasteiger partial charge in [-0.1, -0.05) is 0 Å². The molecule has 0 spiro atoms. The van der Waals surface area contributed by atoms with Crippen LogP contribution < -0.4 is 0 Å². The normalized spacial score (nSPS) is 12.8. The predicted molar refractivity (Wildman–Crippen MR) is 72.7 cm³/mol. The Morgan fingerprint density at radius 3 is 2.50 bits per heavy atom. The third-order valence-corrected chi connectivity index (χ3v) is 2.80. The highest BCUT2D eigenvalue weighted by Gasteiger charge is 2.19. The third-order valence-electron chi connectivity index (χ3n) is 2.61. The molecule has 0 bridgehead atoms. The molecule has 1 aromatic rings. The summed E-state index contributed by atoms with van der Waals surface area (Å²) in [6.07, 6.45) is 0. The first-order valence-corrected chi connectivity index (χ1v) is 6.46. The second kappa shape index (κ2) is 6.81. The first-order chi connectivity index (χ1) is 8.40. The summed E-state index contributed by atoms with van der Waals surface area (Å²) in [4.78, 5) is 15.8. The van der Waals surface area contributed by atoms with E-state index in [0.29, 0.717) is 13.1 Å². The monoisotopic (exact) mass is 272 g/mol. The van der Waals surface area contributed by atoms with E-state index >= 15 is 0 Å². The second-order valence-electron chi connectivity index (χ2n) is 4.69. The molecule has 0 N–H and O–H groups in total. The van der Waals surface area contributed by atoms with Crippen LogP contribution >= 0.6 is 11.6 Å². The number of aryl methyl sites for hydroxylation is 1. The van der Waals surface area contributed by atoms with Crippen molar-refractivity contribution < 1.29 is 9.21 Å². The maximum Gasteiger partial charge on any atom is 0.240 e. The molecule has 0 radical (unpaired) electrons. The number of carbonyl (C=O) groups excluding carboxylic acids is 1. The lowest BCUT2D eigenvalue weighted by Gasteiger charge is -2.24. The Bertz CT molecular complexity index is 388. The Morgan fingerprint density at radius 2 is 2.06 bits per heavy atom. The molecule has 0 aliphatic carbocycles. The Labute approximate surface area is 113 Å². The fraction of sp³-hybridized carbons (Fsp3) is 0.615. The fourth-order valence-corrected chi connectivity index (χ4v) is 1.74. The average molecular weight is 273 g/mol. The second-order valence-corrected chi connectivity index (χ2v) is 5.35. The van der Waals surface area contributed by atoms with E-state index in [0.717, 1.165) is 18.1 Å². The first-order valence-electron chi connectivity index (χ1n) is 6.03. The minimum Gasteiger partial charge on any atom is -0.464 e. The number of halogens is 1. The molecule has 0 aliphatic heterocycles. The Kier molecular flexibility index (Phi) is 5.69. The van der Waals surface area contributed by atoms with Crippen molar-refractivity contribution in [2.45, 2.75) is 25.8 Å². The summed E-state index contributed by atoms with van der Waals surface area (Å²) in [6, 6.07) is 3.79. The van der Waals surface area contributed by atoms with Crippen LogP contribution in [0.2, 0.25) is 0 Å². The van der Waals surface area contributed by atoms with E-state index in [1.165, 1.54) is 0 Å². The van der Waals surface area contributed by atoms with Crippen molar-refractivity contribution in [2.24, 2.45) is 0 Å². The molecule has 1 heterocycles. The third kappa shape index (κ3) is 4.70.